The van der Waals surface area contributed by atoms with Crippen molar-refractivity contribution in [2.75, 3.05) is 7.11 Å². The van der Waals surface area contributed by atoms with Gasteiger partial charge in [-0.2, -0.15) is 0 Å². The summed E-state index contributed by atoms with van der Waals surface area (Å²) in [7, 11) is 1.31. The lowest BCUT2D eigenvalue weighted by Gasteiger charge is -1.83. The third-order valence-corrected chi connectivity index (χ3v) is 1.30. The van der Waals surface area contributed by atoms with E-state index in [-0.39, 0.29) is 0 Å². The minimum atomic E-state index is -0.394. The molecule has 0 unspecified atom stereocenters. The zero-order valence-corrected chi connectivity index (χ0v) is 7.97. The fourth-order valence-electron chi connectivity index (χ4n) is 0.615. The predicted molar refractivity (Wildman–Crippen MR) is 54.0 cm³/mol. The third-order valence-electron chi connectivity index (χ3n) is 1.30. The molecule has 74 valence electrons. The Morgan fingerprint density at radius 2 is 1.93 bits per heavy atom. The fourth-order valence-corrected chi connectivity index (χ4v) is 0.615. The van der Waals surface area contributed by atoms with Crippen molar-refractivity contribution in [3.8, 4) is 0 Å². The Hall–Kier alpha value is -1.90. The minimum Gasteiger partial charge on any atom is -0.466 e. The van der Waals surface area contributed by atoms with Crippen molar-refractivity contribution < 1.29 is 14.3 Å². The Labute approximate surface area is 83.0 Å². The van der Waals surface area contributed by atoms with Gasteiger partial charge in [0.25, 0.3) is 0 Å². The van der Waals surface area contributed by atoms with E-state index in [2.05, 4.69) is 11.3 Å². The first-order chi connectivity index (χ1) is 6.74. The summed E-state index contributed by atoms with van der Waals surface area (Å²) in [6.07, 6.45) is 1.94. The second-order valence-electron chi connectivity index (χ2n) is 2.26. The van der Waals surface area contributed by atoms with Gasteiger partial charge in [-0.3, -0.25) is 4.79 Å². The van der Waals surface area contributed by atoms with Gasteiger partial charge in [-0.05, 0) is 0 Å². The smallest absolute Gasteiger partial charge is 0.329 e. The van der Waals surface area contributed by atoms with Crippen LogP contribution in [0.25, 0.3) is 0 Å². The molecular weight excluding hydrogens is 180 g/mol. The predicted octanol–water partition coefficient (Wildman–Crippen LogP) is 1.84. The maximum atomic E-state index is 10.0. The van der Waals surface area contributed by atoms with Gasteiger partial charge < -0.3 is 4.74 Å². The molecule has 14 heavy (non-hydrogen) atoms. The van der Waals surface area contributed by atoms with Crippen molar-refractivity contribution in [2.45, 2.75) is 0 Å². The number of carbonyl (C=O) groups excluding carboxylic acids is 2. The molecule has 0 amide bonds. The molecule has 0 saturated carbocycles. The second kappa shape index (κ2) is 7.73. The number of aldehydes is 1. The molecule has 0 aliphatic heterocycles. The molecule has 0 aliphatic rings. The van der Waals surface area contributed by atoms with E-state index in [0.717, 1.165) is 17.9 Å². The SMILES string of the molecule is C=CC(=O)OC.O=Cc1ccccc1. The molecule has 0 heterocycles. The van der Waals surface area contributed by atoms with Gasteiger partial charge in [0.1, 0.15) is 6.29 Å². The normalized spacial score (nSPS) is 7.79. The molecule has 0 spiro atoms. The molecule has 0 N–H and O–H groups in total. The van der Waals surface area contributed by atoms with E-state index >= 15 is 0 Å². The van der Waals surface area contributed by atoms with E-state index in [4.69, 9.17) is 0 Å². The largest absolute Gasteiger partial charge is 0.466 e. The van der Waals surface area contributed by atoms with Crippen molar-refractivity contribution in [1.82, 2.24) is 0 Å². The number of rotatable bonds is 2. The fraction of sp³-hybridized carbons (Fsp3) is 0.0909. The van der Waals surface area contributed by atoms with Gasteiger partial charge in [0.2, 0.25) is 0 Å². The van der Waals surface area contributed by atoms with Gasteiger partial charge in [-0.15, -0.1) is 0 Å². The van der Waals surface area contributed by atoms with Crippen LogP contribution in [0.1, 0.15) is 10.4 Å². The van der Waals surface area contributed by atoms with Crippen molar-refractivity contribution in [1.29, 1.82) is 0 Å². The number of ether oxygens (including phenoxy) is 1. The first-order valence-electron chi connectivity index (χ1n) is 3.95. The topological polar surface area (TPSA) is 43.4 Å². The van der Waals surface area contributed by atoms with Gasteiger partial charge >= 0.3 is 5.97 Å². The van der Waals surface area contributed by atoms with Crippen LogP contribution in [0.4, 0.5) is 0 Å². The van der Waals surface area contributed by atoms with Crippen LogP contribution in [-0.4, -0.2) is 19.4 Å². The monoisotopic (exact) mass is 192 g/mol. The summed E-state index contributed by atoms with van der Waals surface area (Å²) < 4.78 is 4.14. The molecule has 0 radical (unpaired) electrons. The van der Waals surface area contributed by atoms with Crippen LogP contribution in [0, 0.1) is 0 Å². The van der Waals surface area contributed by atoms with Crippen molar-refractivity contribution in [3.63, 3.8) is 0 Å². The maximum Gasteiger partial charge on any atom is 0.329 e. The number of benzene rings is 1. The Morgan fingerprint density at radius 1 is 1.36 bits per heavy atom. The number of esters is 1. The summed E-state index contributed by atoms with van der Waals surface area (Å²) in [5, 5.41) is 0. The van der Waals surface area contributed by atoms with Crippen LogP contribution < -0.4 is 0 Å². The van der Waals surface area contributed by atoms with Gasteiger partial charge in [-0.1, -0.05) is 36.9 Å². The Bertz CT molecular complexity index is 291. The molecule has 3 heteroatoms. The highest BCUT2D eigenvalue weighted by Crippen LogP contribution is 1.91. The van der Waals surface area contributed by atoms with Crippen molar-refractivity contribution >= 4 is 12.3 Å². The lowest BCUT2D eigenvalue weighted by Crippen LogP contribution is -1.91. The summed E-state index contributed by atoms with van der Waals surface area (Å²) in [5.74, 6) is -0.394. The van der Waals surface area contributed by atoms with Crippen LogP contribution in [0.3, 0.4) is 0 Å². The molecule has 3 nitrogen and oxygen atoms in total. The van der Waals surface area contributed by atoms with Gasteiger partial charge in [0, 0.05) is 11.6 Å². The molecular formula is C11H12O3. The number of hydrogen-bond acceptors (Lipinski definition) is 3. The first kappa shape index (κ1) is 12.1. The molecule has 0 aromatic heterocycles. The lowest BCUT2D eigenvalue weighted by atomic mass is 10.2. The van der Waals surface area contributed by atoms with E-state index in [1.165, 1.54) is 7.11 Å². The van der Waals surface area contributed by atoms with E-state index in [1.54, 1.807) is 12.1 Å². The highest BCUT2D eigenvalue weighted by molar-refractivity contribution is 5.80. The van der Waals surface area contributed by atoms with Crippen LogP contribution in [0.5, 0.6) is 0 Å². The molecule has 0 bridgehead atoms. The quantitative estimate of drug-likeness (QED) is 0.408. The van der Waals surface area contributed by atoms with Crippen LogP contribution in [0.2, 0.25) is 0 Å². The van der Waals surface area contributed by atoms with E-state index in [0.29, 0.717) is 0 Å². The van der Waals surface area contributed by atoms with Crippen LogP contribution >= 0.6 is 0 Å². The standard InChI is InChI=1S/C7H6O.C4H6O2/c8-6-7-4-2-1-3-5-7;1-3-4(5)6-2/h1-6H;3H,1H2,2H3. The number of carbonyl (C=O) groups is 2. The average molecular weight is 192 g/mol. The molecule has 0 atom stereocenters. The summed E-state index contributed by atoms with van der Waals surface area (Å²) >= 11 is 0. The molecule has 0 fully saturated rings. The lowest BCUT2D eigenvalue weighted by molar-refractivity contribution is -0.134. The van der Waals surface area contributed by atoms with Crippen molar-refractivity contribution in [3.05, 3.63) is 48.6 Å². The Morgan fingerprint density at radius 3 is 2.14 bits per heavy atom. The molecule has 0 saturated heterocycles. The van der Waals surface area contributed by atoms with Crippen molar-refractivity contribution in [2.24, 2.45) is 0 Å². The van der Waals surface area contributed by atoms with E-state index in [9.17, 15) is 9.59 Å². The summed E-state index contributed by atoms with van der Waals surface area (Å²) in [4.78, 5) is 19.8. The highest BCUT2D eigenvalue weighted by Gasteiger charge is 1.82. The zero-order chi connectivity index (χ0) is 10.8. The van der Waals surface area contributed by atoms with Gasteiger partial charge in [0.05, 0.1) is 7.11 Å². The summed E-state index contributed by atoms with van der Waals surface area (Å²) in [6.45, 7) is 3.16. The number of hydrogen-bond donors (Lipinski definition) is 0. The van der Waals surface area contributed by atoms with Gasteiger partial charge in [-0.25, -0.2) is 4.79 Å². The summed E-state index contributed by atoms with van der Waals surface area (Å²) in [6, 6.07) is 9.10. The van der Waals surface area contributed by atoms with Crippen LogP contribution in [0.15, 0.2) is 43.0 Å². The van der Waals surface area contributed by atoms with Crippen LogP contribution in [-0.2, 0) is 9.53 Å². The van der Waals surface area contributed by atoms with E-state index in [1.807, 2.05) is 18.2 Å². The first-order valence-corrected chi connectivity index (χ1v) is 3.95. The Kier molecular flexibility index (Phi) is 6.68. The summed E-state index contributed by atoms with van der Waals surface area (Å²) in [5.41, 5.74) is 0.729. The number of methoxy groups -OCH3 is 1. The third kappa shape index (κ3) is 5.71. The Balaban J connectivity index is 0.000000255. The maximum absolute atomic E-state index is 10.0. The molecule has 1 aromatic rings. The highest BCUT2D eigenvalue weighted by atomic mass is 16.5. The molecule has 1 rings (SSSR count). The average Bonchev–Trinajstić information content (AvgIpc) is 2.30. The molecule has 0 aliphatic carbocycles. The van der Waals surface area contributed by atoms with Gasteiger partial charge in [0.15, 0.2) is 0 Å². The second-order valence-corrected chi connectivity index (χ2v) is 2.26. The minimum absolute atomic E-state index is 0.394. The van der Waals surface area contributed by atoms with E-state index < -0.39 is 5.97 Å². The zero-order valence-electron chi connectivity index (χ0n) is 7.97. The molecule has 1 aromatic carbocycles.